The first-order chi connectivity index (χ1) is 11.0. The lowest BCUT2D eigenvalue weighted by molar-refractivity contribution is 0.236. The van der Waals surface area contributed by atoms with E-state index in [0.29, 0.717) is 6.54 Å². The van der Waals surface area contributed by atoms with Gasteiger partial charge in [-0.05, 0) is 24.6 Å². The van der Waals surface area contributed by atoms with E-state index in [1.54, 1.807) is 0 Å². The first kappa shape index (κ1) is 16.7. The average Bonchev–Trinajstić information content (AvgIpc) is 2.53. The maximum absolute atomic E-state index is 13.0. The molecule has 0 heterocycles. The van der Waals surface area contributed by atoms with Crippen LogP contribution in [0, 0.1) is 18.6 Å². The molecular weight excluding hydrogens is 302 g/mol. The summed E-state index contributed by atoms with van der Waals surface area (Å²) < 4.78 is 30.9. The molecule has 2 N–H and O–H groups in total. The van der Waals surface area contributed by atoms with E-state index in [1.165, 1.54) is 6.07 Å². The third-order valence-electron chi connectivity index (χ3n) is 3.08. The SMILES string of the molecule is Cc1cccc(CNC(=O)NCCOc2ccc(F)c(F)c2)c1. The molecule has 122 valence electrons. The van der Waals surface area contributed by atoms with Gasteiger partial charge in [-0.1, -0.05) is 29.8 Å². The van der Waals surface area contributed by atoms with E-state index in [0.717, 1.165) is 23.3 Å². The molecule has 4 nitrogen and oxygen atoms in total. The summed E-state index contributed by atoms with van der Waals surface area (Å²) in [5.41, 5.74) is 2.14. The molecule has 0 saturated carbocycles. The number of urea groups is 1. The van der Waals surface area contributed by atoms with Crippen LogP contribution in [-0.2, 0) is 6.54 Å². The molecule has 0 saturated heterocycles. The number of amides is 2. The number of ether oxygens (including phenoxy) is 1. The van der Waals surface area contributed by atoms with Gasteiger partial charge in [-0.2, -0.15) is 0 Å². The van der Waals surface area contributed by atoms with Gasteiger partial charge in [0.15, 0.2) is 11.6 Å². The highest BCUT2D eigenvalue weighted by Crippen LogP contribution is 2.14. The molecule has 0 bridgehead atoms. The highest BCUT2D eigenvalue weighted by Gasteiger charge is 2.04. The summed E-state index contributed by atoms with van der Waals surface area (Å²) in [6.07, 6.45) is 0. The minimum atomic E-state index is -0.966. The molecule has 0 aromatic heterocycles. The lowest BCUT2D eigenvalue weighted by atomic mass is 10.1. The van der Waals surface area contributed by atoms with Crippen molar-refractivity contribution >= 4 is 6.03 Å². The second kappa shape index (κ2) is 8.12. The molecule has 0 spiro atoms. The average molecular weight is 320 g/mol. The Balaban J connectivity index is 1.65. The molecule has 0 radical (unpaired) electrons. The molecule has 2 aromatic rings. The molecule has 6 heteroatoms. The van der Waals surface area contributed by atoms with E-state index in [9.17, 15) is 13.6 Å². The minimum Gasteiger partial charge on any atom is -0.492 e. The van der Waals surface area contributed by atoms with E-state index in [4.69, 9.17) is 4.74 Å². The van der Waals surface area contributed by atoms with Crippen molar-refractivity contribution in [3.05, 3.63) is 65.2 Å². The van der Waals surface area contributed by atoms with Gasteiger partial charge in [0.2, 0.25) is 0 Å². The number of aryl methyl sites for hydroxylation is 1. The van der Waals surface area contributed by atoms with Crippen molar-refractivity contribution in [2.75, 3.05) is 13.2 Å². The summed E-state index contributed by atoms with van der Waals surface area (Å²) in [5, 5.41) is 5.35. The van der Waals surface area contributed by atoms with Crippen molar-refractivity contribution in [3.63, 3.8) is 0 Å². The number of halogens is 2. The maximum Gasteiger partial charge on any atom is 0.315 e. The molecule has 0 fully saturated rings. The molecule has 0 unspecified atom stereocenters. The highest BCUT2D eigenvalue weighted by atomic mass is 19.2. The van der Waals surface area contributed by atoms with Crippen molar-refractivity contribution in [1.82, 2.24) is 10.6 Å². The van der Waals surface area contributed by atoms with Crippen LogP contribution in [0.25, 0.3) is 0 Å². The molecule has 0 atom stereocenters. The maximum atomic E-state index is 13.0. The Morgan fingerprint density at radius 2 is 1.91 bits per heavy atom. The Labute approximate surface area is 133 Å². The number of nitrogens with one attached hydrogen (secondary N) is 2. The first-order valence-corrected chi connectivity index (χ1v) is 7.19. The summed E-state index contributed by atoms with van der Waals surface area (Å²) in [7, 11) is 0. The van der Waals surface area contributed by atoms with Gasteiger partial charge >= 0.3 is 6.03 Å². The Hall–Kier alpha value is -2.63. The van der Waals surface area contributed by atoms with E-state index < -0.39 is 11.6 Å². The predicted molar refractivity (Wildman–Crippen MR) is 83.3 cm³/mol. The van der Waals surface area contributed by atoms with Crippen molar-refractivity contribution in [1.29, 1.82) is 0 Å². The topological polar surface area (TPSA) is 50.4 Å². The minimum absolute atomic E-state index is 0.156. The summed E-state index contributed by atoms with van der Waals surface area (Å²) in [5.74, 6) is -1.68. The molecule has 0 aliphatic carbocycles. The second-order valence-electron chi connectivity index (χ2n) is 5.02. The van der Waals surface area contributed by atoms with Gasteiger partial charge in [0, 0.05) is 12.6 Å². The number of carbonyl (C=O) groups is 1. The zero-order valence-electron chi connectivity index (χ0n) is 12.7. The molecule has 0 aliphatic heterocycles. The van der Waals surface area contributed by atoms with Crippen LogP contribution in [0.1, 0.15) is 11.1 Å². The van der Waals surface area contributed by atoms with Gasteiger partial charge in [0.25, 0.3) is 0 Å². The zero-order chi connectivity index (χ0) is 16.7. The van der Waals surface area contributed by atoms with Crippen LogP contribution in [-0.4, -0.2) is 19.2 Å². The largest absolute Gasteiger partial charge is 0.492 e. The fourth-order valence-electron chi connectivity index (χ4n) is 1.97. The fraction of sp³-hybridized carbons (Fsp3) is 0.235. The summed E-state index contributed by atoms with van der Waals surface area (Å²) >= 11 is 0. The van der Waals surface area contributed by atoms with Crippen molar-refractivity contribution in [3.8, 4) is 5.75 Å². The van der Waals surface area contributed by atoms with Crippen LogP contribution in [0.5, 0.6) is 5.75 Å². The molecule has 2 aromatic carbocycles. The quantitative estimate of drug-likeness (QED) is 0.803. The Morgan fingerprint density at radius 3 is 2.65 bits per heavy atom. The van der Waals surface area contributed by atoms with Gasteiger partial charge in [0.1, 0.15) is 12.4 Å². The van der Waals surface area contributed by atoms with Gasteiger partial charge in [0.05, 0.1) is 6.54 Å². The number of hydrogen-bond donors (Lipinski definition) is 2. The van der Waals surface area contributed by atoms with Gasteiger partial charge in [-0.25, -0.2) is 13.6 Å². The number of benzene rings is 2. The van der Waals surface area contributed by atoms with Crippen molar-refractivity contribution in [2.24, 2.45) is 0 Å². The van der Waals surface area contributed by atoms with Crippen LogP contribution < -0.4 is 15.4 Å². The number of rotatable bonds is 6. The summed E-state index contributed by atoms with van der Waals surface area (Å²) in [4.78, 5) is 11.6. The van der Waals surface area contributed by atoms with E-state index >= 15 is 0 Å². The summed E-state index contributed by atoms with van der Waals surface area (Å²) in [6.45, 7) is 2.82. The van der Waals surface area contributed by atoms with Crippen LogP contribution >= 0.6 is 0 Å². The molecular formula is C17H18F2N2O2. The van der Waals surface area contributed by atoms with Crippen LogP contribution in [0.15, 0.2) is 42.5 Å². The van der Waals surface area contributed by atoms with E-state index in [-0.39, 0.29) is 24.9 Å². The third kappa shape index (κ3) is 5.58. The monoisotopic (exact) mass is 320 g/mol. The number of hydrogen-bond acceptors (Lipinski definition) is 2. The molecule has 23 heavy (non-hydrogen) atoms. The normalized spacial score (nSPS) is 10.2. The Morgan fingerprint density at radius 1 is 1.09 bits per heavy atom. The fourth-order valence-corrected chi connectivity index (χ4v) is 1.97. The van der Waals surface area contributed by atoms with Gasteiger partial charge < -0.3 is 15.4 Å². The molecule has 0 aliphatic rings. The molecule has 2 rings (SSSR count). The standard InChI is InChI=1S/C17H18F2N2O2/c1-12-3-2-4-13(9-12)11-21-17(22)20-7-8-23-14-5-6-15(18)16(19)10-14/h2-6,9-10H,7-8,11H2,1H3,(H2,20,21,22). The van der Waals surface area contributed by atoms with Crippen LogP contribution in [0.3, 0.4) is 0 Å². The van der Waals surface area contributed by atoms with Crippen molar-refractivity contribution in [2.45, 2.75) is 13.5 Å². The lowest BCUT2D eigenvalue weighted by Gasteiger charge is -2.09. The Bertz CT molecular complexity index is 677. The zero-order valence-corrected chi connectivity index (χ0v) is 12.7. The Kier molecular flexibility index (Phi) is 5.91. The lowest BCUT2D eigenvalue weighted by Crippen LogP contribution is -2.37. The smallest absolute Gasteiger partial charge is 0.315 e. The van der Waals surface area contributed by atoms with Crippen LogP contribution in [0.2, 0.25) is 0 Å². The predicted octanol–water partition coefficient (Wildman–Crippen LogP) is 3.15. The highest BCUT2D eigenvalue weighted by molar-refractivity contribution is 5.73. The van der Waals surface area contributed by atoms with E-state index in [2.05, 4.69) is 10.6 Å². The van der Waals surface area contributed by atoms with Crippen LogP contribution in [0.4, 0.5) is 13.6 Å². The van der Waals surface area contributed by atoms with E-state index in [1.807, 2.05) is 31.2 Å². The van der Waals surface area contributed by atoms with Crippen molar-refractivity contribution < 1.29 is 18.3 Å². The molecule has 2 amide bonds. The van der Waals surface area contributed by atoms with Gasteiger partial charge in [-0.15, -0.1) is 0 Å². The second-order valence-corrected chi connectivity index (χ2v) is 5.02. The first-order valence-electron chi connectivity index (χ1n) is 7.19. The number of carbonyl (C=O) groups excluding carboxylic acids is 1. The third-order valence-corrected chi connectivity index (χ3v) is 3.08. The summed E-state index contributed by atoms with van der Waals surface area (Å²) in [6, 6.07) is 10.8. The van der Waals surface area contributed by atoms with Gasteiger partial charge in [-0.3, -0.25) is 0 Å².